The molecule has 1 nitrogen and oxygen atoms in total. The second-order valence-corrected chi connectivity index (χ2v) is 4.02. The van der Waals surface area contributed by atoms with Crippen molar-refractivity contribution >= 4 is 0 Å². The van der Waals surface area contributed by atoms with Gasteiger partial charge in [-0.3, -0.25) is 4.98 Å². The Hall–Kier alpha value is -0.850. The fraction of sp³-hybridized carbons (Fsp3) is 0.545. The molecule has 0 saturated carbocycles. The Kier molecular flexibility index (Phi) is 1.67. The Morgan fingerprint density at radius 1 is 1.33 bits per heavy atom. The Balaban J connectivity index is 2.53. The fourth-order valence-electron chi connectivity index (χ4n) is 2.18. The number of fused-ring (bicyclic) bond motifs is 1. The maximum Gasteiger partial charge on any atom is 0.0466 e. The van der Waals surface area contributed by atoms with Crippen molar-refractivity contribution in [2.75, 3.05) is 0 Å². The summed E-state index contributed by atoms with van der Waals surface area (Å²) in [5.41, 5.74) is 4.09. The lowest BCUT2D eigenvalue weighted by Gasteiger charge is -2.03. The van der Waals surface area contributed by atoms with Gasteiger partial charge in [-0.1, -0.05) is 19.9 Å². The smallest absolute Gasteiger partial charge is 0.0466 e. The first-order valence-electron chi connectivity index (χ1n) is 4.65. The van der Waals surface area contributed by atoms with Crippen molar-refractivity contribution in [2.45, 2.75) is 39.0 Å². The molecule has 1 aliphatic carbocycles. The Morgan fingerprint density at radius 3 is 2.83 bits per heavy atom. The van der Waals surface area contributed by atoms with E-state index in [0.717, 1.165) is 0 Å². The van der Waals surface area contributed by atoms with Gasteiger partial charge in [-0.05, 0) is 36.3 Å². The highest BCUT2D eigenvalue weighted by molar-refractivity contribution is 5.34. The van der Waals surface area contributed by atoms with E-state index in [0.29, 0.717) is 11.8 Å². The van der Waals surface area contributed by atoms with E-state index in [1.54, 1.807) is 0 Å². The molecule has 1 aliphatic rings. The van der Waals surface area contributed by atoms with Gasteiger partial charge < -0.3 is 0 Å². The Morgan fingerprint density at radius 2 is 2.08 bits per heavy atom. The largest absolute Gasteiger partial charge is 0.260 e. The van der Waals surface area contributed by atoms with Crippen molar-refractivity contribution in [1.29, 1.82) is 0 Å². The van der Waals surface area contributed by atoms with Gasteiger partial charge in [0, 0.05) is 11.9 Å². The van der Waals surface area contributed by atoms with Crippen LogP contribution >= 0.6 is 0 Å². The molecular formula is C11H15N. The highest BCUT2D eigenvalue weighted by Gasteiger charge is 2.25. The number of rotatable bonds is 0. The van der Waals surface area contributed by atoms with Gasteiger partial charge in [-0.25, -0.2) is 0 Å². The number of hydrogen-bond donors (Lipinski definition) is 0. The topological polar surface area (TPSA) is 12.9 Å². The van der Waals surface area contributed by atoms with Crippen LogP contribution < -0.4 is 0 Å². The van der Waals surface area contributed by atoms with Gasteiger partial charge in [0.2, 0.25) is 0 Å². The maximum absolute atomic E-state index is 4.49. The van der Waals surface area contributed by atoms with Crippen LogP contribution in [0.2, 0.25) is 0 Å². The van der Waals surface area contributed by atoms with Crippen LogP contribution in [0.25, 0.3) is 0 Å². The molecule has 12 heavy (non-hydrogen) atoms. The van der Waals surface area contributed by atoms with Crippen molar-refractivity contribution in [3.05, 3.63) is 29.1 Å². The minimum atomic E-state index is 0.663. The Bertz CT molecular complexity index is 304. The molecule has 0 bridgehead atoms. The zero-order valence-corrected chi connectivity index (χ0v) is 7.96. The molecular weight excluding hydrogens is 146 g/mol. The molecule has 64 valence electrons. The lowest BCUT2D eigenvalue weighted by Crippen LogP contribution is -1.92. The third-order valence-corrected chi connectivity index (χ3v) is 2.79. The molecule has 0 radical (unpaired) electrons. The van der Waals surface area contributed by atoms with E-state index in [1.165, 1.54) is 23.2 Å². The summed E-state index contributed by atoms with van der Waals surface area (Å²) in [5.74, 6) is 1.37. The molecule has 2 rings (SSSR count). The van der Waals surface area contributed by atoms with Crippen molar-refractivity contribution in [3.8, 4) is 0 Å². The van der Waals surface area contributed by atoms with Crippen molar-refractivity contribution < 1.29 is 0 Å². The molecule has 0 fully saturated rings. The summed E-state index contributed by atoms with van der Waals surface area (Å²) in [5, 5.41) is 0. The second kappa shape index (κ2) is 2.58. The maximum atomic E-state index is 4.49. The number of aryl methyl sites for hydroxylation is 1. The third-order valence-electron chi connectivity index (χ3n) is 2.79. The van der Waals surface area contributed by atoms with E-state index >= 15 is 0 Å². The van der Waals surface area contributed by atoms with Crippen LogP contribution in [0.1, 0.15) is 48.9 Å². The van der Waals surface area contributed by atoms with Crippen LogP contribution in [0.5, 0.6) is 0 Å². The number of aromatic nitrogens is 1. The lowest BCUT2D eigenvalue weighted by atomic mass is 10.0. The van der Waals surface area contributed by atoms with Crippen molar-refractivity contribution in [2.24, 2.45) is 0 Å². The standard InChI is InChI=1S/C11H15N/c1-7-4-10-8(2)5-9(3)11(10)12-6-7/h4,6,8-9H,5H2,1-3H3/t8-,9-/m1/s1. The molecule has 1 heterocycles. The van der Waals surface area contributed by atoms with Gasteiger partial charge in [-0.15, -0.1) is 0 Å². The number of hydrogen-bond acceptors (Lipinski definition) is 1. The molecule has 0 N–H and O–H groups in total. The number of nitrogens with zero attached hydrogens (tertiary/aromatic N) is 1. The summed E-state index contributed by atoms with van der Waals surface area (Å²) < 4.78 is 0. The molecule has 1 heteroatoms. The van der Waals surface area contributed by atoms with Crippen LogP contribution in [0, 0.1) is 6.92 Å². The van der Waals surface area contributed by atoms with Gasteiger partial charge in [0.25, 0.3) is 0 Å². The highest BCUT2D eigenvalue weighted by Crippen LogP contribution is 2.39. The molecule has 0 amide bonds. The number of pyridine rings is 1. The average molecular weight is 161 g/mol. The molecule has 1 aromatic rings. The minimum Gasteiger partial charge on any atom is -0.260 e. The fourth-order valence-corrected chi connectivity index (χ4v) is 2.18. The van der Waals surface area contributed by atoms with Crippen LogP contribution in [-0.2, 0) is 0 Å². The van der Waals surface area contributed by atoms with Crippen molar-refractivity contribution in [3.63, 3.8) is 0 Å². The van der Waals surface area contributed by atoms with Crippen LogP contribution in [-0.4, -0.2) is 4.98 Å². The average Bonchev–Trinajstić information content (AvgIpc) is 2.28. The molecule has 0 saturated heterocycles. The predicted octanol–water partition coefficient (Wildman–Crippen LogP) is 3.00. The van der Waals surface area contributed by atoms with E-state index in [2.05, 4.69) is 31.8 Å². The molecule has 2 atom stereocenters. The quantitative estimate of drug-likeness (QED) is 0.570. The van der Waals surface area contributed by atoms with Gasteiger partial charge in [0.05, 0.1) is 0 Å². The zero-order valence-electron chi connectivity index (χ0n) is 7.96. The first-order chi connectivity index (χ1) is 5.68. The highest BCUT2D eigenvalue weighted by atomic mass is 14.7. The summed E-state index contributed by atoms with van der Waals surface area (Å²) in [7, 11) is 0. The van der Waals surface area contributed by atoms with Crippen molar-refractivity contribution in [1.82, 2.24) is 4.98 Å². The summed E-state index contributed by atoms with van der Waals surface area (Å²) in [6.45, 7) is 6.68. The molecule has 0 aliphatic heterocycles. The van der Waals surface area contributed by atoms with E-state index in [4.69, 9.17) is 0 Å². The summed E-state index contributed by atoms with van der Waals surface area (Å²) in [4.78, 5) is 4.49. The summed E-state index contributed by atoms with van der Waals surface area (Å²) in [6.07, 6.45) is 3.25. The molecule has 1 aromatic heterocycles. The van der Waals surface area contributed by atoms with Gasteiger partial charge in [-0.2, -0.15) is 0 Å². The summed E-state index contributed by atoms with van der Waals surface area (Å²) >= 11 is 0. The first-order valence-corrected chi connectivity index (χ1v) is 4.65. The first kappa shape index (κ1) is 7.78. The molecule has 0 aromatic carbocycles. The van der Waals surface area contributed by atoms with E-state index in [1.807, 2.05) is 6.20 Å². The molecule has 0 unspecified atom stereocenters. The van der Waals surface area contributed by atoms with Crippen LogP contribution in [0.4, 0.5) is 0 Å². The summed E-state index contributed by atoms with van der Waals surface area (Å²) in [6, 6.07) is 2.29. The van der Waals surface area contributed by atoms with Gasteiger partial charge in [0.15, 0.2) is 0 Å². The zero-order chi connectivity index (χ0) is 8.72. The van der Waals surface area contributed by atoms with E-state index < -0.39 is 0 Å². The lowest BCUT2D eigenvalue weighted by molar-refractivity contribution is 0.655. The second-order valence-electron chi connectivity index (χ2n) is 4.02. The van der Waals surface area contributed by atoms with Gasteiger partial charge >= 0.3 is 0 Å². The predicted molar refractivity (Wildman–Crippen MR) is 50.4 cm³/mol. The minimum absolute atomic E-state index is 0.663. The Labute approximate surface area is 73.8 Å². The monoisotopic (exact) mass is 161 g/mol. The van der Waals surface area contributed by atoms with Gasteiger partial charge in [0.1, 0.15) is 0 Å². The van der Waals surface area contributed by atoms with E-state index in [-0.39, 0.29) is 0 Å². The van der Waals surface area contributed by atoms with E-state index in [9.17, 15) is 0 Å². The van der Waals surface area contributed by atoms with Crippen LogP contribution in [0.3, 0.4) is 0 Å². The third kappa shape index (κ3) is 1.04. The normalized spacial score (nSPS) is 27.2. The molecule has 0 spiro atoms. The SMILES string of the molecule is Cc1cnc2c(c1)[C@H](C)C[C@H]2C. The van der Waals surface area contributed by atoms with Crippen LogP contribution in [0.15, 0.2) is 12.3 Å².